The average molecular weight is 468 g/mol. The highest BCUT2D eigenvalue weighted by Gasteiger charge is 2.40. The molecule has 2 heterocycles. The molecule has 4 nitrogen and oxygen atoms in total. The third kappa shape index (κ3) is 3.63. The Balaban J connectivity index is 1.63. The van der Waals surface area contributed by atoms with Crippen LogP contribution in [0.1, 0.15) is 0 Å². The van der Waals surface area contributed by atoms with Gasteiger partial charge in [-0.1, -0.05) is 47.6 Å². The minimum absolute atomic E-state index is 0.204. The number of aliphatic imine (C=N–C) groups is 1. The number of amidine groups is 1. The highest BCUT2D eigenvalue weighted by molar-refractivity contribution is 8.20. The molecule has 0 aliphatic carbocycles. The zero-order valence-corrected chi connectivity index (χ0v) is 18.6. The molecule has 31 heavy (non-hydrogen) atoms. The quantitative estimate of drug-likeness (QED) is 0.395. The summed E-state index contributed by atoms with van der Waals surface area (Å²) in [5.74, 6) is -0.572. The molecule has 5 rings (SSSR count). The Labute approximate surface area is 192 Å². The molecule has 2 aliphatic rings. The number of para-hydroxylation sites is 2. The van der Waals surface area contributed by atoms with Crippen LogP contribution in [0.5, 0.6) is 0 Å². The van der Waals surface area contributed by atoms with Crippen LogP contribution in [0.25, 0.3) is 0 Å². The van der Waals surface area contributed by atoms with Gasteiger partial charge in [-0.05, 0) is 60.3 Å². The zero-order valence-electron chi connectivity index (χ0n) is 16.3. The summed E-state index contributed by atoms with van der Waals surface area (Å²) in [6.45, 7) is 0. The van der Waals surface area contributed by atoms with Crippen molar-refractivity contribution in [2.75, 3.05) is 16.8 Å². The summed E-state index contributed by atoms with van der Waals surface area (Å²) in [4.78, 5) is 23.4. The number of benzene rings is 3. The maximum Gasteiger partial charge on any atom is 0.274 e. The van der Waals surface area contributed by atoms with Crippen molar-refractivity contribution >= 4 is 63.3 Å². The van der Waals surface area contributed by atoms with Crippen LogP contribution in [0.15, 0.2) is 92.6 Å². The molecular formula is C23H15ClFN3OS2. The van der Waals surface area contributed by atoms with Gasteiger partial charge in [-0.25, -0.2) is 9.38 Å². The van der Waals surface area contributed by atoms with Crippen molar-refractivity contribution in [3.8, 4) is 0 Å². The van der Waals surface area contributed by atoms with Crippen LogP contribution in [0.2, 0.25) is 5.02 Å². The highest BCUT2D eigenvalue weighted by atomic mass is 35.5. The molecule has 0 spiro atoms. The summed E-state index contributed by atoms with van der Waals surface area (Å²) in [6.07, 6.45) is 0. The van der Waals surface area contributed by atoms with Gasteiger partial charge in [0.1, 0.15) is 10.7 Å². The fourth-order valence-corrected chi connectivity index (χ4v) is 5.86. The fraction of sp³-hybridized carbons (Fsp3) is 0.0435. The Hall–Kier alpha value is -2.74. The summed E-state index contributed by atoms with van der Waals surface area (Å²) in [5, 5.41) is 1.80. The first-order chi connectivity index (χ1) is 15.0. The highest BCUT2D eigenvalue weighted by Crippen LogP contribution is 2.50. The molecule has 3 aromatic carbocycles. The molecule has 0 N–H and O–H groups in total. The number of thioether (sulfide) groups is 2. The summed E-state index contributed by atoms with van der Waals surface area (Å²) in [6, 6.07) is 21.0. The monoisotopic (exact) mass is 467 g/mol. The molecule has 0 radical (unpaired) electrons. The van der Waals surface area contributed by atoms with Crippen LogP contribution < -0.4 is 9.80 Å². The molecule has 2 aliphatic heterocycles. The van der Waals surface area contributed by atoms with Crippen LogP contribution >= 0.6 is 35.1 Å². The maximum atomic E-state index is 13.6. The number of carbonyl (C=O) groups excluding carboxylic acids is 1. The van der Waals surface area contributed by atoms with E-state index < -0.39 is 0 Å². The molecule has 0 aromatic heterocycles. The van der Waals surface area contributed by atoms with Crippen LogP contribution in [0, 0.1) is 5.82 Å². The first-order valence-electron chi connectivity index (χ1n) is 9.39. The van der Waals surface area contributed by atoms with Gasteiger partial charge in [0.05, 0.1) is 27.1 Å². The topological polar surface area (TPSA) is 35.9 Å². The molecule has 0 unspecified atom stereocenters. The van der Waals surface area contributed by atoms with E-state index in [-0.39, 0.29) is 11.7 Å². The normalized spacial score (nSPS) is 19.5. The van der Waals surface area contributed by atoms with Gasteiger partial charge in [-0.3, -0.25) is 9.69 Å². The van der Waals surface area contributed by atoms with E-state index in [2.05, 4.69) is 4.99 Å². The molecule has 1 saturated heterocycles. The molecular weight excluding hydrogens is 453 g/mol. The zero-order chi connectivity index (χ0) is 21.5. The lowest BCUT2D eigenvalue weighted by Crippen LogP contribution is -2.29. The van der Waals surface area contributed by atoms with Gasteiger partial charge in [0.15, 0.2) is 5.17 Å². The van der Waals surface area contributed by atoms with Gasteiger partial charge in [0.25, 0.3) is 5.91 Å². The van der Waals surface area contributed by atoms with Crippen LogP contribution in [0.3, 0.4) is 0 Å². The van der Waals surface area contributed by atoms with Crippen LogP contribution in [-0.4, -0.2) is 18.1 Å². The number of amides is 1. The minimum Gasteiger partial charge on any atom is -0.337 e. The summed E-state index contributed by atoms with van der Waals surface area (Å²) < 4.78 is 13.5. The second-order valence-corrected chi connectivity index (χ2v) is 9.24. The van der Waals surface area contributed by atoms with Gasteiger partial charge < -0.3 is 4.90 Å². The van der Waals surface area contributed by atoms with Gasteiger partial charge >= 0.3 is 0 Å². The van der Waals surface area contributed by atoms with Crippen molar-refractivity contribution in [3.05, 3.63) is 93.6 Å². The van der Waals surface area contributed by atoms with Gasteiger partial charge in [-0.15, -0.1) is 0 Å². The summed E-state index contributed by atoms with van der Waals surface area (Å²) in [5.41, 5.74) is 2.16. The van der Waals surface area contributed by atoms with Crippen molar-refractivity contribution in [3.63, 3.8) is 0 Å². The third-order valence-corrected chi connectivity index (χ3v) is 7.58. The third-order valence-electron chi connectivity index (χ3n) is 4.87. The van der Waals surface area contributed by atoms with Crippen molar-refractivity contribution in [2.24, 2.45) is 4.99 Å². The number of rotatable bonds is 2. The number of fused-ring (bicyclic) bond motifs is 1. The largest absolute Gasteiger partial charge is 0.337 e. The van der Waals surface area contributed by atoms with Crippen molar-refractivity contribution in [1.29, 1.82) is 0 Å². The van der Waals surface area contributed by atoms with E-state index in [1.165, 1.54) is 28.8 Å². The molecule has 154 valence electrons. The molecule has 1 amide bonds. The Morgan fingerprint density at radius 3 is 2.39 bits per heavy atom. The van der Waals surface area contributed by atoms with E-state index in [0.717, 1.165) is 15.6 Å². The lowest BCUT2D eigenvalue weighted by atomic mass is 10.2. The molecule has 8 heteroatoms. The van der Waals surface area contributed by atoms with E-state index in [1.807, 2.05) is 48.3 Å². The number of hydrogen-bond donors (Lipinski definition) is 0. The fourth-order valence-electron chi connectivity index (χ4n) is 3.34. The second-order valence-electron chi connectivity index (χ2n) is 6.83. The number of halogens is 2. The van der Waals surface area contributed by atoms with E-state index in [9.17, 15) is 9.18 Å². The average Bonchev–Trinajstić information content (AvgIpc) is 3.27. The smallest absolute Gasteiger partial charge is 0.274 e. The standard InChI is InChI=1S/C23H15ClFN3OS2/c1-27-18-8-4-5-9-19(18)30-22(27)20-21(29)28(15-12-10-14(25)11-13-15)23(31-20)26-17-7-3-2-6-16(17)24/h2-13H,1H3/b22-20-,26-23?. The van der Waals surface area contributed by atoms with E-state index in [4.69, 9.17) is 11.6 Å². The van der Waals surface area contributed by atoms with Crippen LogP contribution in [0.4, 0.5) is 21.5 Å². The molecule has 1 fully saturated rings. The summed E-state index contributed by atoms with van der Waals surface area (Å²) >= 11 is 9.15. The number of nitrogens with zero attached hydrogens (tertiary/aromatic N) is 3. The SMILES string of the molecule is CN1/C(=C2/SC(=Nc3ccccc3Cl)N(c3ccc(F)cc3)C2=O)Sc2ccccc21. The van der Waals surface area contributed by atoms with Gasteiger partial charge in [-0.2, -0.15) is 0 Å². The number of anilines is 2. The first-order valence-corrected chi connectivity index (χ1v) is 11.4. The van der Waals surface area contributed by atoms with Crippen molar-refractivity contribution < 1.29 is 9.18 Å². The first kappa shape index (κ1) is 20.2. The molecule has 0 bridgehead atoms. The Kier molecular flexibility index (Phi) is 5.25. The van der Waals surface area contributed by atoms with E-state index >= 15 is 0 Å². The lowest BCUT2D eigenvalue weighted by Gasteiger charge is -2.16. The van der Waals surface area contributed by atoms with Crippen molar-refractivity contribution in [2.45, 2.75) is 4.90 Å². The number of hydrogen-bond acceptors (Lipinski definition) is 5. The Morgan fingerprint density at radius 2 is 1.65 bits per heavy atom. The minimum atomic E-state index is -0.368. The van der Waals surface area contributed by atoms with E-state index in [0.29, 0.717) is 26.5 Å². The molecule has 3 aromatic rings. The van der Waals surface area contributed by atoms with Crippen LogP contribution in [-0.2, 0) is 4.79 Å². The van der Waals surface area contributed by atoms with E-state index in [1.54, 1.807) is 36.0 Å². The predicted molar refractivity (Wildman–Crippen MR) is 128 cm³/mol. The predicted octanol–water partition coefficient (Wildman–Crippen LogP) is 6.66. The van der Waals surface area contributed by atoms with Crippen molar-refractivity contribution in [1.82, 2.24) is 0 Å². The second kappa shape index (κ2) is 8.07. The Morgan fingerprint density at radius 1 is 0.935 bits per heavy atom. The molecule has 0 saturated carbocycles. The Bertz CT molecular complexity index is 1260. The summed E-state index contributed by atoms with van der Waals surface area (Å²) in [7, 11) is 1.94. The maximum absolute atomic E-state index is 13.6. The number of carbonyl (C=O) groups is 1. The van der Waals surface area contributed by atoms with Gasteiger partial charge in [0.2, 0.25) is 0 Å². The molecule has 0 atom stereocenters. The lowest BCUT2D eigenvalue weighted by molar-refractivity contribution is -0.113. The van der Waals surface area contributed by atoms with Gasteiger partial charge in [0, 0.05) is 11.9 Å².